The maximum atomic E-state index is 12.9. The Hall–Kier alpha value is -1.33. The van der Waals surface area contributed by atoms with Crippen molar-refractivity contribution >= 4 is 39.8 Å². The van der Waals surface area contributed by atoms with Crippen LogP contribution in [0.5, 0.6) is 0 Å². The fraction of sp³-hybridized carbons (Fsp3) is 0.412. The number of amides is 1. The molecule has 1 heterocycles. The van der Waals surface area contributed by atoms with Gasteiger partial charge in [-0.05, 0) is 38.2 Å². The normalized spacial score (nSPS) is 12.1. The molecule has 22 heavy (non-hydrogen) atoms. The van der Waals surface area contributed by atoms with E-state index in [-0.39, 0.29) is 11.2 Å². The second-order valence-corrected chi connectivity index (χ2v) is 7.43. The van der Waals surface area contributed by atoms with Crippen molar-refractivity contribution in [3.63, 3.8) is 0 Å². The molecule has 2 aromatic rings. The molecule has 1 aromatic heterocycles. The molecule has 118 valence electrons. The highest BCUT2D eigenvalue weighted by molar-refractivity contribution is 8.00. The molecule has 0 bridgehead atoms. The van der Waals surface area contributed by atoms with Gasteiger partial charge in [-0.25, -0.2) is 4.98 Å². The molecule has 0 saturated carbocycles. The molecule has 5 heteroatoms. The van der Waals surface area contributed by atoms with E-state index in [1.165, 1.54) is 11.3 Å². The smallest absolute Gasteiger partial charge is 0.246 e. The molecule has 0 aliphatic heterocycles. The minimum atomic E-state index is -0.0732. The quantitative estimate of drug-likeness (QED) is 0.665. The molecule has 3 nitrogen and oxygen atoms in total. The lowest BCUT2D eigenvalue weighted by Crippen LogP contribution is -2.33. The summed E-state index contributed by atoms with van der Waals surface area (Å²) in [4.78, 5) is 19.2. The largest absolute Gasteiger partial charge is 0.273 e. The molecule has 0 fully saturated rings. The Labute approximate surface area is 140 Å². The van der Waals surface area contributed by atoms with Gasteiger partial charge in [-0.15, -0.1) is 23.1 Å². The molecule has 0 radical (unpaired) electrons. The van der Waals surface area contributed by atoms with Crippen LogP contribution in [-0.4, -0.2) is 21.9 Å². The second-order valence-electron chi connectivity index (χ2n) is 5.15. The zero-order chi connectivity index (χ0) is 15.9. The summed E-state index contributed by atoms with van der Waals surface area (Å²) in [6.45, 7) is 6.10. The van der Waals surface area contributed by atoms with Gasteiger partial charge in [0.15, 0.2) is 5.13 Å². The number of thiazole rings is 1. The Bertz CT molecular complexity index is 598. The van der Waals surface area contributed by atoms with E-state index in [2.05, 4.69) is 11.9 Å². The number of carbonyl (C=O) groups excluding carboxylic acids is 1. The summed E-state index contributed by atoms with van der Waals surface area (Å²) in [5.41, 5.74) is 1.82. The first kappa shape index (κ1) is 17.0. The van der Waals surface area contributed by atoms with E-state index < -0.39 is 0 Å². The van der Waals surface area contributed by atoms with Crippen molar-refractivity contribution in [3.8, 4) is 0 Å². The maximum absolute atomic E-state index is 12.9. The number of anilines is 2. The Balaban J connectivity index is 2.23. The zero-order valence-electron chi connectivity index (χ0n) is 13.3. The van der Waals surface area contributed by atoms with E-state index in [1.807, 2.05) is 49.6 Å². The molecule has 0 N–H and O–H groups in total. The van der Waals surface area contributed by atoms with Crippen molar-refractivity contribution in [3.05, 3.63) is 41.4 Å². The standard InChI is InChI=1S/C17H22N2OS2/c1-4-5-11-21-14(3)16(20)19(15-9-7-6-8-10-15)17-18-13(2)12-22-17/h6-10,12,14H,4-5,11H2,1-3H3. The van der Waals surface area contributed by atoms with Gasteiger partial charge in [-0.2, -0.15) is 0 Å². The van der Waals surface area contributed by atoms with Gasteiger partial charge in [0.05, 0.1) is 16.6 Å². The molecular weight excluding hydrogens is 312 g/mol. The van der Waals surface area contributed by atoms with Crippen LogP contribution in [0.3, 0.4) is 0 Å². The van der Waals surface area contributed by atoms with Crippen LogP contribution in [0.25, 0.3) is 0 Å². The van der Waals surface area contributed by atoms with Gasteiger partial charge in [0.25, 0.3) is 0 Å². The number of nitrogens with zero attached hydrogens (tertiary/aromatic N) is 2. The lowest BCUT2D eigenvalue weighted by atomic mass is 10.3. The van der Waals surface area contributed by atoms with Gasteiger partial charge in [-0.3, -0.25) is 9.69 Å². The number of benzene rings is 1. The van der Waals surface area contributed by atoms with Crippen LogP contribution in [0.4, 0.5) is 10.8 Å². The summed E-state index contributed by atoms with van der Waals surface area (Å²) in [6, 6.07) is 9.77. The van der Waals surface area contributed by atoms with Gasteiger partial charge < -0.3 is 0 Å². The molecule has 0 saturated heterocycles. The zero-order valence-corrected chi connectivity index (χ0v) is 14.9. The summed E-state index contributed by atoms with van der Waals surface area (Å²) in [5.74, 6) is 1.12. The monoisotopic (exact) mass is 334 g/mol. The number of para-hydroxylation sites is 1. The number of unbranched alkanes of at least 4 members (excludes halogenated alkanes) is 1. The highest BCUT2D eigenvalue weighted by Crippen LogP contribution is 2.31. The van der Waals surface area contributed by atoms with Crippen molar-refractivity contribution in [1.82, 2.24) is 4.98 Å². The molecule has 1 atom stereocenters. The molecule has 0 aliphatic rings. The van der Waals surface area contributed by atoms with Crippen LogP contribution in [0.15, 0.2) is 35.7 Å². The van der Waals surface area contributed by atoms with Crippen molar-refractivity contribution in [2.24, 2.45) is 0 Å². The summed E-state index contributed by atoms with van der Waals surface area (Å²) >= 11 is 3.23. The lowest BCUT2D eigenvalue weighted by Gasteiger charge is -2.23. The van der Waals surface area contributed by atoms with Crippen molar-refractivity contribution in [2.75, 3.05) is 10.7 Å². The SMILES string of the molecule is CCCCSC(C)C(=O)N(c1ccccc1)c1nc(C)cs1. The van der Waals surface area contributed by atoms with Gasteiger partial charge in [0, 0.05) is 5.38 Å². The van der Waals surface area contributed by atoms with Gasteiger partial charge in [0.2, 0.25) is 5.91 Å². The summed E-state index contributed by atoms with van der Waals surface area (Å²) < 4.78 is 0. The van der Waals surface area contributed by atoms with Gasteiger partial charge in [0.1, 0.15) is 0 Å². The predicted molar refractivity (Wildman–Crippen MR) is 97.3 cm³/mol. The van der Waals surface area contributed by atoms with E-state index in [4.69, 9.17) is 0 Å². The Kier molecular flexibility index (Phi) is 6.46. The topological polar surface area (TPSA) is 33.2 Å². The minimum absolute atomic E-state index is 0.0732. The average molecular weight is 335 g/mol. The van der Waals surface area contributed by atoms with E-state index in [1.54, 1.807) is 16.7 Å². The number of aryl methyl sites for hydroxylation is 1. The second kappa shape index (κ2) is 8.34. The highest BCUT2D eigenvalue weighted by Gasteiger charge is 2.25. The average Bonchev–Trinajstić information content (AvgIpc) is 2.95. The van der Waals surface area contributed by atoms with Crippen molar-refractivity contribution in [2.45, 2.75) is 38.9 Å². The van der Waals surface area contributed by atoms with Crippen LogP contribution in [0.2, 0.25) is 0 Å². The number of carbonyl (C=O) groups is 1. The molecule has 1 amide bonds. The lowest BCUT2D eigenvalue weighted by molar-refractivity contribution is -0.117. The predicted octanol–water partition coefficient (Wildman–Crippen LogP) is 5.04. The number of thioether (sulfide) groups is 1. The Morgan fingerprint density at radius 2 is 2.09 bits per heavy atom. The first-order chi connectivity index (χ1) is 10.6. The van der Waals surface area contributed by atoms with Crippen LogP contribution in [0, 0.1) is 6.92 Å². The number of aromatic nitrogens is 1. The van der Waals surface area contributed by atoms with E-state index in [9.17, 15) is 4.79 Å². The molecule has 1 aromatic carbocycles. The summed E-state index contributed by atoms with van der Waals surface area (Å²) in [6.07, 6.45) is 2.30. The third kappa shape index (κ3) is 4.34. The molecule has 0 aliphatic carbocycles. The number of rotatable bonds is 7. The summed E-state index contributed by atoms with van der Waals surface area (Å²) in [5, 5.41) is 2.65. The molecule has 0 spiro atoms. The fourth-order valence-corrected chi connectivity index (χ4v) is 3.89. The first-order valence-corrected chi connectivity index (χ1v) is 9.49. The van der Waals surface area contributed by atoms with Crippen LogP contribution in [0.1, 0.15) is 32.4 Å². The summed E-state index contributed by atoms with van der Waals surface area (Å²) in [7, 11) is 0. The van der Waals surface area contributed by atoms with Crippen LogP contribution in [-0.2, 0) is 4.79 Å². The van der Waals surface area contributed by atoms with Crippen molar-refractivity contribution in [1.29, 1.82) is 0 Å². The van der Waals surface area contributed by atoms with Gasteiger partial charge in [-0.1, -0.05) is 31.5 Å². The third-order valence-corrected chi connectivity index (χ3v) is 5.42. The molecule has 1 unspecified atom stereocenters. The van der Waals surface area contributed by atoms with Crippen LogP contribution < -0.4 is 4.90 Å². The number of hydrogen-bond donors (Lipinski definition) is 0. The Morgan fingerprint density at radius 1 is 1.36 bits per heavy atom. The Morgan fingerprint density at radius 3 is 2.68 bits per heavy atom. The van der Waals surface area contributed by atoms with Gasteiger partial charge >= 0.3 is 0 Å². The number of hydrogen-bond acceptors (Lipinski definition) is 4. The first-order valence-electron chi connectivity index (χ1n) is 7.56. The maximum Gasteiger partial charge on any atom is 0.246 e. The molecular formula is C17H22N2OS2. The van der Waals surface area contributed by atoms with E-state index in [0.717, 1.165) is 35.1 Å². The van der Waals surface area contributed by atoms with E-state index >= 15 is 0 Å². The molecule has 2 rings (SSSR count). The fourth-order valence-electron chi connectivity index (χ4n) is 2.01. The van der Waals surface area contributed by atoms with Crippen molar-refractivity contribution < 1.29 is 4.79 Å². The minimum Gasteiger partial charge on any atom is -0.273 e. The van der Waals surface area contributed by atoms with E-state index in [0.29, 0.717) is 0 Å². The van der Waals surface area contributed by atoms with Crippen LogP contribution >= 0.6 is 23.1 Å². The highest BCUT2D eigenvalue weighted by atomic mass is 32.2. The third-order valence-electron chi connectivity index (χ3n) is 3.25.